The van der Waals surface area contributed by atoms with Crippen molar-refractivity contribution in [3.63, 3.8) is 0 Å². The van der Waals surface area contributed by atoms with Crippen LogP contribution in [0.3, 0.4) is 0 Å². The van der Waals surface area contributed by atoms with Crippen molar-refractivity contribution in [2.45, 2.75) is 33.1 Å². The highest BCUT2D eigenvalue weighted by Gasteiger charge is 2.01. The SMILES string of the molecule is CC(C)CCNC(=O)CCNCCc1ccc(F)cc1. The minimum atomic E-state index is -0.209. The maximum absolute atomic E-state index is 12.7. The van der Waals surface area contributed by atoms with E-state index in [4.69, 9.17) is 0 Å². The normalized spacial score (nSPS) is 10.8. The number of carbonyl (C=O) groups is 1. The van der Waals surface area contributed by atoms with E-state index in [1.165, 1.54) is 12.1 Å². The quantitative estimate of drug-likeness (QED) is 0.682. The number of hydrogen-bond donors (Lipinski definition) is 2. The maximum atomic E-state index is 12.7. The van der Waals surface area contributed by atoms with Gasteiger partial charge in [-0.05, 0) is 43.0 Å². The molecule has 4 heteroatoms. The van der Waals surface area contributed by atoms with Crippen molar-refractivity contribution in [1.29, 1.82) is 0 Å². The Labute approximate surface area is 121 Å². The second kappa shape index (κ2) is 9.48. The van der Waals surface area contributed by atoms with E-state index >= 15 is 0 Å². The summed E-state index contributed by atoms with van der Waals surface area (Å²) in [5.41, 5.74) is 1.10. The van der Waals surface area contributed by atoms with Crippen LogP contribution in [0, 0.1) is 11.7 Å². The van der Waals surface area contributed by atoms with Gasteiger partial charge in [-0.25, -0.2) is 4.39 Å². The van der Waals surface area contributed by atoms with Gasteiger partial charge in [-0.3, -0.25) is 4.79 Å². The molecule has 0 fully saturated rings. The summed E-state index contributed by atoms with van der Waals surface area (Å²) in [5.74, 6) is 0.504. The molecular formula is C16H25FN2O. The molecule has 112 valence electrons. The van der Waals surface area contributed by atoms with Crippen LogP contribution in [0.2, 0.25) is 0 Å². The standard InChI is InChI=1S/C16H25FN2O/c1-13(2)7-12-19-16(20)9-11-18-10-8-14-3-5-15(17)6-4-14/h3-6,13,18H,7-12H2,1-2H3,(H,19,20). The molecule has 1 rings (SSSR count). The summed E-state index contributed by atoms with van der Waals surface area (Å²) in [6, 6.07) is 6.51. The summed E-state index contributed by atoms with van der Waals surface area (Å²) >= 11 is 0. The Morgan fingerprint density at radius 2 is 1.85 bits per heavy atom. The largest absolute Gasteiger partial charge is 0.356 e. The highest BCUT2D eigenvalue weighted by molar-refractivity contribution is 5.75. The zero-order chi connectivity index (χ0) is 14.8. The first-order valence-electron chi connectivity index (χ1n) is 7.30. The highest BCUT2D eigenvalue weighted by atomic mass is 19.1. The molecule has 0 aliphatic heterocycles. The van der Waals surface area contributed by atoms with Crippen molar-refractivity contribution in [3.05, 3.63) is 35.6 Å². The van der Waals surface area contributed by atoms with Crippen LogP contribution in [0.15, 0.2) is 24.3 Å². The number of hydrogen-bond acceptors (Lipinski definition) is 2. The van der Waals surface area contributed by atoms with Gasteiger partial charge in [0.1, 0.15) is 5.82 Å². The summed E-state index contributed by atoms with van der Waals surface area (Å²) in [6.07, 6.45) is 2.36. The van der Waals surface area contributed by atoms with Crippen LogP contribution in [-0.2, 0) is 11.2 Å². The van der Waals surface area contributed by atoms with Gasteiger partial charge in [-0.1, -0.05) is 26.0 Å². The van der Waals surface area contributed by atoms with Crippen LogP contribution in [0.1, 0.15) is 32.3 Å². The fourth-order valence-corrected chi connectivity index (χ4v) is 1.80. The lowest BCUT2D eigenvalue weighted by Gasteiger charge is -2.08. The highest BCUT2D eigenvalue weighted by Crippen LogP contribution is 2.02. The van der Waals surface area contributed by atoms with Crippen molar-refractivity contribution in [3.8, 4) is 0 Å². The first kappa shape index (κ1) is 16.6. The molecule has 20 heavy (non-hydrogen) atoms. The van der Waals surface area contributed by atoms with Crippen molar-refractivity contribution >= 4 is 5.91 Å². The van der Waals surface area contributed by atoms with Crippen LogP contribution in [0.25, 0.3) is 0 Å². The maximum Gasteiger partial charge on any atom is 0.221 e. The fraction of sp³-hybridized carbons (Fsp3) is 0.562. The van der Waals surface area contributed by atoms with Gasteiger partial charge in [-0.2, -0.15) is 0 Å². The average Bonchev–Trinajstić information content (AvgIpc) is 2.40. The van der Waals surface area contributed by atoms with Crippen LogP contribution in [0.4, 0.5) is 4.39 Å². The summed E-state index contributed by atoms with van der Waals surface area (Å²) in [6.45, 7) is 6.51. The van der Waals surface area contributed by atoms with Gasteiger partial charge in [0, 0.05) is 19.5 Å². The van der Waals surface area contributed by atoms with Crippen LogP contribution in [0.5, 0.6) is 0 Å². The Kier molecular flexibility index (Phi) is 7.88. The molecule has 0 aromatic heterocycles. The van der Waals surface area contributed by atoms with E-state index in [0.29, 0.717) is 18.9 Å². The predicted molar refractivity (Wildman–Crippen MR) is 80.1 cm³/mol. The van der Waals surface area contributed by atoms with E-state index in [0.717, 1.165) is 31.5 Å². The van der Waals surface area contributed by atoms with Gasteiger partial charge in [-0.15, -0.1) is 0 Å². The molecule has 2 N–H and O–H groups in total. The molecule has 0 spiro atoms. The van der Waals surface area contributed by atoms with E-state index in [1.54, 1.807) is 12.1 Å². The van der Waals surface area contributed by atoms with Crippen molar-refractivity contribution in [1.82, 2.24) is 10.6 Å². The smallest absolute Gasteiger partial charge is 0.221 e. The van der Waals surface area contributed by atoms with Crippen molar-refractivity contribution < 1.29 is 9.18 Å². The Bertz CT molecular complexity index is 390. The molecule has 0 radical (unpaired) electrons. The minimum absolute atomic E-state index is 0.0972. The van der Waals surface area contributed by atoms with E-state index in [9.17, 15) is 9.18 Å². The second-order valence-electron chi connectivity index (χ2n) is 5.41. The minimum Gasteiger partial charge on any atom is -0.356 e. The molecule has 0 saturated heterocycles. The van der Waals surface area contributed by atoms with E-state index in [2.05, 4.69) is 24.5 Å². The zero-order valence-electron chi connectivity index (χ0n) is 12.4. The second-order valence-corrected chi connectivity index (χ2v) is 5.41. The van der Waals surface area contributed by atoms with E-state index in [1.807, 2.05) is 0 Å². The van der Waals surface area contributed by atoms with E-state index < -0.39 is 0 Å². The van der Waals surface area contributed by atoms with Crippen LogP contribution >= 0.6 is 0 Å². The number of rotatable bonds is 9. The molecular weight excluding hydrogens is 255 g/mol. The topological polar surface area (TPSA) is 41.1 Å². The molecule has 1 amide bonds. The summed E-state index contributed by atoms with van der Waals surface area (Å²) in [5, 5.41) is 6.13. The number of amides is 1. The monoisotopic (exact) mass is 280 g/mol. The third-order valence-corrected chi connectivity index (χ3v) is 3.08. The van der Waals surface area contributed by atoms with Crippen molar-refractivity contribution in [2.75, 3.05) is 19.6 Å². The molecule has 1 aromatic rings. The van der Waals surface area contributed by atoms with Gasteiger partial charge >= 0.3 is 0 Å². The summed E-state index contributed by atoms with van der Waals surface area (Å²) in [4.78, 5) is 11.5. The first-order valence-corrected chi connectivity index (χ1v) is 7.30. The Morgan fingerprint density at radius 1 is 1.15 bits per heavy atom. The van der Waals surface area contributed by atoms with Gasteiger partial charge in [0.05, 0.1) is 0 Å². The Hall–Kier alpha value is -1.42. The van der Waals surface area contributed by atoms with E-state index in [-0.39, 0.29) is 11.7 Å². The zero-order valence-corrected chi connectivity index (χ0v) is 12.4. The number of benzene rings is 1. The predicted octanol–water partition coefficient (Wildman–Crippen LogP) is 2.51. The Balaban J connectivity index is 2.01. The lowest BCUT2D eigenvalue weighted by Crippen LogP contribution is -2.29. The Morgan fingerprint density at radius 3 is 2.50 bits per heavy atom. The third kappa shape index (κ3) is 7.89. The molecule has 0 unspecified atom stereocenters. The molecule has 0 atom stereocenters. The molecule has 1 aromatic carbocycles. The molecule has 0 aliphatic carbocycles. The number of nitrogens with one attached hydrogen (secondary N) is 2. The molecule has 0 saturated carbocycles. The summed E-state index contributed by atoms with van der Waals surface area (Å²) in [7, 11) is 0. The first-order chi connectivity index (χ1) is 9.58. The molecule has 0 heterocycles. The lowest BCUT2D eigenvalue weighted by atomic mass is 10.1. The molecule has 0 bridgehead atoms. The third-order valence-electron chi connectivity index (χ3n) is 3.08. The molecule has 3 nitrogen and oxygen atoms in total. The average molecular weight is 280 g/mol. The lowest BCUT2D eigenvalue weighted by molar-refractivity contribution is -0.121. The van der Waals surface area contributed by atoms with Crippen LogP contribution in [-0.4, -0.2) is 25.5 Å². The van der Waals surface area contributed by atoms with Crippen molar-refractivity contribution in [2.24, 2.45) is 5.92 Å². The summed E-state index contributed by atoms with van der Waals surface area (Å²) < 4.78 is 12.7. The number of halogens is 1. The van der Waals surface area contributed by atoms with Crippen LogP contribution < -0.4 is 10.6 Å². The fourth-order valence-electron chi connectivity index (χ4n) is 1.80. The van der Waals surface area contributed by atoms with Gasteiger partial charge in [0.2, 0.25) is 5.91 Å². The number of carbonyl (C=O) groups excluding carboxylic acids is 1. The van der Waals surface area contributed by atoms with Gasteiger partial charge in [0.15, 0.2) is 0 Å². The van der Waals surface area contributed by atoms with Gasteiger partial charge < -0.3 is 10.6 Å². The van der Waals surface area contributed by atoms with Gasteiger partial charge in [0.25, 0.3) is 0 Å². The molecule has 0 aliphatic rings.